The fourth-order valence-electron chi connectivity index (χ4n) is 0.371. The molecular formula is C4H12FNO3S. The fourth-order valence-corrected chi connectivity index (χ4v) is 0.896. The summed E-state index contributed by atoms with van der Waals surface area (Å²) in [5.74, 6) is 0. The minimum absolute atomic E-state index is 0. The Labute approximate surface area is 59.8 Å². The average molecular weight is 173 g/mol. The van der Waals surface area contributed by atoms with Crippen LogP contribution in [0, 0.1) is 0 Å². The van der Waals surface area contributed by atoms with Crippen LogP contribution in [0.25, 0.3) is 0 Å². The van der Waals surface area contributed by atoms with Crippen LogP contribution in [-0.2, 0) is 10.1 Å². The first-order valence-electron chi connectivity index (χ1n) is 2.57. The van der Waals surface area contributed by atoms with E-state index in [9.17, 15) is 17.4 Å². The van der Waals surface area contributed by atoms with E-state index >= 15 is 0 Å². The predicted octanol–water partition coefficient (Wildman–Crippen LogP) is 1.00. The van der Waals surface area contributed by atoms with E-state index in [0.717, 1.165) is 0 Å². The Bertz CT molecular complexity index is 167. The van der Waals surface area contributed by atoms with E-state index in [1.54, 1.807) is 6.92 Å². The molecule has 0 amide bonds. The summed E-state index contributed by atoms with van der Waals surface area (Å²) < 4.78 is 41.4. The van der Waals surface area contributed by atoms with Crippen LogP contribution in [0.15, 0.2) is 0 Å². The number of quaternary nitrogens is 1. The molecule has 0 aromatic carbocycles. The lowest BCUT2D eigenvalue weighted by Gasteiger charge is -2.10. The van der Waals surface area contributed by atoms with Gasteiger partial charge < -0.3 is 10.7 Å². The first-order chi connectivity index (χ1) is 3.98. The number of rotatable bonds is 3. The molecule has 0 fully saturated rings. The lowest BCUT2D eigenvalue weighted by atomic mass is 10.4. The summed E-state index contributed by atoms with van der Waals surface area (Å²) in [6, 6.07) is 0. The summed E-state index contributed by atoms with van der Waals surface area (Å²) >= 11 is 0. The van der Waals surface area contributed by atoms with Gasteiger partial charge in [-0.1, -0.05) is 13.3 Å². The van der Waals surface area contributed by atoms with Crippen molar-refractivity contribution in [2.75, 3.05) is 0 Å². The molecule has 0 rings (SSSR count). The summed E-state index contributed by atoms with van der Waals surface area (Å²) in [6.07, 6.45) is 0.161. The zero-order chi connectivity index (χ0) is 7.49. The van der Waals surface area contributed by atoms with Gasteiger partial charge in [0.15, 0.2) is 5.50 Å². The van der Waals surface area contributed by atoms with E-state index in [1.165, 1.54) is 0 Å². The van der Waals surface area contributed by atoms with Crippen LogP contribution in [0.4, 0.5) is 4.39 Å². The van der Waals surface area contributed by atoms with Gasteiger partial charge in [-0.15, -0.1) is 0 Å². The highest BCUT2D eigenvalue weighted by molar-refractivity contribution is 7.86. The SMILES string of the molecule is CCCC(F)S(=O)(=O)[O-].[NH4+]. The van der Waals surface area contributed by atoms with Gasteiger partial charge in [0, 0.05) is 0 Å². The van der Waals surface area contributed by atoms with Crippen molar-refractivity contribution in [2.24, 2.45) is 0 Å². The van der Waals surface area contributed by atoms with Crippen LogP contribution in [-0.4, -0.2) is 18.5 Å². The summed E-state index contributed by atoms with van der Waals surface area (Å²) in [5, 5.41) is 0. The van der Waals surface area contributed by atoms with Crippen LogP contribution in [0.5, 0.6) is 0 Å². The zero-order valence-corrected chi connectivity index (χ0v) is 6.82. The molecule has 6 heteroatoms. The topological polar surface area (TPSA) is 93.7 Å². The van der Waals surface area contributed by atoms with Crippen LogP contribution in [0.1, 0.15) is 19.8 Å². The van der Waals surface area contributed by atoms with E-state index < -0.39 is 15.6 Å². The molecule has 64 valence electrons. The maximum Gasteiger partial charge on any atom is 0.189 e. The first-order valence-corrected chi connectivity index (χ1v) is 4.04. The van der Waals surface area contributed by atoms with Gasteiger partial charge in [0.05, 0.1) is 0 Å². The monoisotopic (exact) mass is 173 g/mol. The molecule has 4 N–H and O–H groups in total. The van der Waals surface area contributed by atoms with Crippen molar-refractivity contribution in [3.8, 4) is 0 Å². The fraction of sp³-hybridized carbons (Fsp3) is 1.00. The van der Waals surface area contributed by atoms with Gasteiger partial charge in [-0.3, -0.25) is 0 Å². The van der Waals surface area contributed by atoms with Crippen molar-refractivity contribution in [3.63, 3.8) is 0 Å². The van der Waals surface area contributed by atoms with Gasteiger partial charge in [0.1, 0.15) is 10.1 Å². The van der Waals surface area contributed by atoms with Gasteiger partial charge in [-0.2, -0.15) is 0 Å². The smallest absolute Gasteiger partial charge is 0.189 e. The molecule has 0 saturated heterocycles. The molecule has 0 aliphatic rings. The Kier molecular flexibility index (Phi) is 5.73. The lowest BCUT2D eigenvalue weighted by Crippen LogP contribution is -2.14. The lowest BCUT2D eigenvalue weighted by molar-refractivity contribution is 0.349. The highest BCUT2D eigenvalue weighted by Gasteiger charge is 2.11. The summed E-state index contributed by atoms with van der Waals surface area (Å²) in [4.78, 5) is 0. The van der Waals surface area contributed by atoms with Crippen LogP contribution >= 0.6 is 0 Å². The molecule has 1 unspecified atom stereocenters. The summed E-state index contributed by atoms with van der Waals surface area (Å²) in [7, 11) is -4.68. The van der Waals surface area contributed by atoms with E-state index in [0.29, 0.717) is 6.42 Å². The number of halogens is 1. The molecular weight excluding hydrogens is 161 g/mol. The van der Waals surface area contributed by atoms with Gasteiger partial charge in [-0.05, 0) is 6.42 Å². The standard InChI is InChI=1S/C4H9FO3S.H3N/c1-2-3-4(5)9(6,7)8;/h4H,2-3H2,1H3,(H,6,7,8);1H3. The van der Waals surface area contributed by atoms with Crippen molar-refractivity contribution < 1.29 is 17.4 Å². The number of alkyl halides is 1. The van der Waals surface area contributed by atoms with E-state index in [4.69, 9.17) is 0 Å². The van der Waals surface area contributed by atoms with Gasteiger partial charge in [0.25, 0.3) is 0 Å². The Balaban J connectivity index is 0. The number of hydrogen-bond acceptors (Lipinski definition) is 3. The van der Waals surface area contributed by atoms with E-state index in [2.05, 4.69) is 0 Å². The molecule has 0 heterocycles. The Morgan fingerprint density at radius 3 is 2.10 bits per heavy atom. The molecule has 10 heavy (non-hydrogen) atoms. The highest BCUT2D eigenvalue weighted by Crippen LogP contribution is 2.06. The van der Waals surface area contributed by atoms with Crippen molar-refractivity contribution in [3.05, 3.63) is 0 Å². The second kappa shape index (κ2) is 4.59. The third kappa shape index (κ3) is 4.66. The molecule has 0 aliphatic carbocycles. The molecule has 0 saturated carbocycles. The third-order valence-electron chi connectivity index (χ3n) is 0.829. The molecule has 4 nitrogen and oxygen atoms in total. The molecule has 0 aromatic rings. The average Bonchev–Trinajstić information content (AvgIpc) is 1.64. The van der Waals surface area contributed by atoms with Crippen molar-refractivity contribution in [1.29, 1.82) is 0 Å². The molecule has 0 spiro atoms. The van der Waals surface area contributed by atoms with Gasteiger partial charge in [-0.25, -0.2) is 12.8 Å². The van der Waals surface area contributed by atoms with Crippen molar-refractivity contribution in [2.45, 2.75) is 25.3 Å². The Morgan fingerprint density at radius 2 is 2.00 bits per heavy atom. The maximum atomic E-state index is 12.0. The molecule has 0 bridgehead atoms. The van der Waals surface area contributed by atoms with Crippen LogP contribution < -0.4 is 6.15 Å². The maximum absolute atomic E-state index is 12.0. The summed E-state index contributed by atoms with van der Waals surface area (Å²) in [6.45, 7) is 1.61. The molecule has 0 radical (unpaired) electrons. The molecule has 0 aromatic heterocycles. The van der Waals surface area contributed by atoms with Crippen LogP contribution in [0.2, 0.25) is 0 Å². The first kappa shape index (κ1) is 12.5. The predicted molar refractivity (Wildman–Crippen MR) is 35.5 cm³/mol. The summed E-state index contributed by atoms with van der Waals surface area (Å²) in [5.41, 5.74) is -2.22. The van der Waals surface area contributed by atoms with E-state index in [-0.39, 0.29) is 12.6 Å². The molecule has 0 aliphatic heterocycles. The Hall–Kier alpha value is -0.200. The third-order valence-corrected chi connectivity index (χ3v) is 1.69. The second-order valence-electron chi connectivity index (χ2n) is 1.69. The second-order valence-corrected chi connectivity index (χ2v) is 3.19. The highest BCUT2D eigenvalue weighted by atomic mass is 32.2. The minimum atomic E-state index is -4.68. The van der Waals surface area contributed by atoms with Crippen molar-refractivity contribution in [1.82, 2.24) is 6.15 Å². The minimum Gasteiger partial charge on any atom is -0.746 e. The molecule has 1 atom stereocenters. The zero-order valence-electron chi connectivity index (χ0n) is 6.00. The van der Waals surface area contributed by atoms with Crippen LogP contribution in [0.3, 0.4) is 0 Å². The van der Waals surface area contributed by atoms with Gasteiger partial charge in [0.2, 0.25) is 0 Å². The normalized spacial score (nSPS) is 13.9. The van der Waals surface area contributed by atoms with E-state index in [1.807, 2.05) is 0 Å². The number of hydrogen-bond donors (Lipinski definition) is 1. The largest absolute Gasteiger partial charge is 0.746 e. The Morgan fingerprint density at radius 1 is 1.60 bits per heavy atom. The van der Waals surface area contributed by atoms with Gasteiger partial charge >= 0.3 is 0 Å². The quantitative estimate of drug-likeness (QED) is 0.645. The van der Waals surface area contributed by atoms with Crippen molar-refractivity contribution >= 4 is 10.1 Å².